The van der Waals surface area contributed by atoms with Gasteiger partial charge in [0.05, 0.1) is 12.2 Å². The third kappa shape index (κ3) is 4.98. The molecule has 1 spiro atoms. The Hall–Kier alpha value is -2.67. The summed E-state index contributed by atoms with van der Waals surface area (Å²) in [5.41, 5.74) is 1.12. The minimum absolute atomic E-state index is 0.0762. The molecule has 1 atom stereocenters. The van der Waals surface area contributed by atoms with Gasteiger partial charge in [0, 0.05) is 70.0 Å². The zero-order valence-corrected chi connectivity index (χ0v) is 18.5. The van der Waals surface area contributed by atoms with Crippen molar-refractivity contribution in [1.82, 2.24) is 24.7 Å². The molecular weight excluding hydrogens is 390 g/mol. The van der Waals surface area contributed by atoms with Crippen LogP contribution in [0.15, 0.2) is 49.1 Å². The van der Waals surface area contributed by atoms with Crippen LogP contribution in [0.3, 0.4) is 0 Å². The zero-order chi connectivity index (χ0) is 21.8. The van der Waals surface area contributed by atoms with E-state index in [4.69, 9.17) is 0 Å². The lowest BCUT2D eigenvalue weighted by molar-refractivity contribution is -0.150. The summed E-state index contributed by atoms with van der Waals surface area (Å²) in [7, 11) is 0. The highest BCUT2D eigenvalue weighted by atomic mass is 16.2. The fourth-order valence-electron chi connectivity index (χ4n) is 4.84. The summed E-state index contributed by atoms with van der Waals surface area (Å²) in [5.74, 6) is 0.633. The van der Waals surface area contributed by atoms with Crippen molar-refractivity contribution >= 4 is 11.8 Å². The van der Waals surface area contributed by atoms with Crippen molar-refractivity contribution in [3.8, 4) is 0 Å². The molecule has 0 saturated carbocycles. The largest absolute Gasteiger partial charge is 0.356 e. The van der Waals surface area contributed by atoms with Gasteiger partial charge in [-0.15, -0.1) is 0 Å². The Morgan fingerprint density at radius 1 is 1.19 bits per heavy atom. The van der Waals surface area contributed by atoms with Crippen LogP contribution in [0.5, 0.6) is 0 Å². The zero-order valence-electron chi connectivity index (χ0n) is 18.5. The van der Waals surface area contributed by atoms with Gasteiger partial charge in [-0.25, -0.2) is 4.98 Å². The lowest BCUT2D eigenvalue weighted by atomic mass is 9.71. The fourth-order valence-corrected chi connectivity index (χ4v) is 4.84. The van der Waals surface area contributed by atoms with Gasteiger partial charge < -0.3 is 14.8 Å². The number of nitrogens with zero attached hydrogens (tertiary/aromatic N) is 4. The topological polar surface area (TPSA) is 70.5 Å². The van der Waals surface area contributed by atoms with E-state index < -0.39 is 0 Å². The van der Waals surface area contributed by atoms with Gasteiger partial charge in [0.15, 0.2) is 0 Å². The van der Waals surface area contributed by atoms with E-state index in [0.717, 1.165) is 19.6 Å². The second-order valence-corrected chi connectivity index (χ2v) is 9.51. The second-order valence-electron chi connectivity index (χ2n) is 9.51. The van der Waals surface area contributed by atoms with E-state index in [0.29, 0.717) is 38.5 Å². The molecule has 0 bridgehead atoms. The molecule has 1 unspecified atom stereocenters. The van der Waals surface area contributed by atoms with Crippen LogP contribution in [0.1, 0.15) is 25.8 Å². The minimum atomic E-state index is -0.138. The number of amides is 2. The highest BCUT2D eigenvalue weighted by molar-refractivity contribution is 5.82. The number of aryl methyl sites for hydroxylation is 1. The quantitative estimate of drug-likeness (QED) is 0.705. The predicted octanol–water partition coefficient (Wildman–Crippen LogP) is 2.01. The van der Waals surface area contributed by atoms with E-state index >= 15 is 0 Å². The number of nitrogens with one attached hydrogen (secondary N) is 1. The van der Waals surface area contributed by atoms with E-state index in [1.165, 1.54) is 5.56 Å². The minimum Gasteiger partial charge on any atom is -0.356 e. The van der Waals surface area contributed by atoms with E-state index in [2.05, 4.69) is 53.3 Å². The molecule has 0 radical (unpaired) electrons. The van der Waals surface area contributed by atoms with E-state index in [-0.39, 0.29) is 23.1 Å². The Kier molecular flexibility index (Phi) is 6.41. The maximum Gasteiger partial charge on any atom is 0.225 e. The highest BCUT2D eigenvalue weighted by Gasteiger charge is 2.57. The van der Waals surface area contributed by atoms with Crippen LogP contribution < -0.4 is 5.32 Å². The maximum absolute atomic E-state index is 13.1. The smallest absolute Gasteiger partial charge is 0.225 e. The first-order valence-corrected chi connectivity index (χ1v) is 11.2. The first-order valence-electron chi connectivity index (χ1n) is 11.2. The lowest BCUT2D eigenvalue weighted by Crippen LogP contribution is -2.64. The summed E-state index contributed by atoms with van der Waals surface area (Å²) in [6.45, 7) is 9.32. The highest BCUT2D eigenvalue weighted by Crippen LogP contribution is 2.44. The molecule has 0 aliphatic carbocycles. The monoisotopic (exact) mass is 423 g/mol. The number of imidazole rings is 1. The Morgan fingerprint density at radius 2 is 1.97 bits per heavy atom. The molecule has 2 saturated heterocycles. The van der Waals surface area contributed by atoms with Gasteiger partial charge in [0.2, 0.25) is 11.8 Å². The molecule has 2 aliphatic rings. The number of aromatic nitrogens is 2. The number of likely N-dealkylation sites (tertiary alicyclic amines) is 2. The van der Waals surface area contributed by atoms with E-state index in [9.17, 15) is 9.59 Å². The molecule has 166 valence electrons. The Balaban J connectivity index is 1.39. The second kappa shape index (κ2) is 9.22. The molecule has 2 amide bonds. The molecule has 1 N–H and O–H groups in total. The van der Waals surface area contributed by atoms with Crippen molar-refractivity contribution in [2.45, 2.75) is 33.4 Å². The number of carbonyl (C=O) groups is 2. The molecule has 2 aromatic rings. The first kappa shape index (κ1) is 21.6. The molecule has 4 rings (SSSR count). The molecule has 2 fully saturated rings. The number of hydrogen-bond acceptors (Lipinski definition) is 4. The SMILES string of the molecule is CC(C)CNC(=O)C1CN(Cc2ccccc2)CC12CN(C(=O)CCn1ccnc1)C2. The Bertz CT molecular complexity index is 875. The summed E-state index contributed by atoms with van der Waals surface area (Å²) in [6, 6.07) is 10.4. The van der Waals surface area contributed by atoms with Gasteiger partial charge in [-0.2, -0.15) is 0 Å². The van der Waals surface area contributed by atoms with Crippen molar-refractivity contribution in [1.29, 1.82) is 0 Å². The molecule has 7 heteroatoms. The number of benzene rings is 1. The predicted molar refractivity (Wildman–Crippen MR) is 119 cm³/mol. The number of hydrogen-bond donors (Lipinski definition) is 1. The van der Waals surface area contributed by atoms with Crippen molar-refractivity contribution in [3.05, 3.63) is 54.6 Å². The van der Waals surface area contributed by atoms with Crippen LogP contribution in [0.4, 0.5) is 0 Å². The lowest BCUT2D eigenvalue weighted by Gasteiger charge is -2.50. The molecule has 1 aromatic carbocycles. The molecule has 31 heavy (non-hydrogen) atoms. The van der Waals surface area contributed by atoms with Crippen LogP contribution in [-0.2, 0) is 22.7 Å². The molecule has 2 aliphatic heterocycles. The number of rotatable bonds is 8. The molecule has 7 nitrogen and oxygen atoms in total. The normalized spacial score (nSPS) is 20.2. The van der Waals surface area contributed by atoms with E-state index in [1.807, 2.05) is 21.7 Å². The number of carbonyl (C=O) groups excluding carboxylic acids is 2. The Labute approximate surface area is 184 Å². The van der Waals surface area contributed by atoms with Gasteiger partial charge >= 0.3 is 0 Å². The third-order valence-electron chi connectivity index (χ3n) is 6.48. The summed E-state index contributed by atoms with van der Waals surface area (Å²) < 4.78 is 1.92. The van der Waals surface area contributed by atoms with Gasteiger partial charge in [-0.05, 0) is 11.5 Å². The fraction of sp³-hybridized carbons (Fsp3) is 0.542. The summed E-state index contributed by atoms with van der Waals surface area (Å²) in [5, 5.41) is 3.14. The van der Waals surface area contributed by atoms with Crippen LogP contribution >= 0.6 is 0 Å². The molecular formula is C24H33N5O2. The van der Waals surface area contributed by atoms with Crippen molar-refractivity contribution in [3.63, 3.8) is 0 Å². The van der Waals surface area contributed by atoms with Gasteiger partial charge in [-0.3, -0.25) is 14.5 Å². The maximum atomic E-state index is 13.1. The average molecular weight is 424 g/mol. The van der Waals surface area contributed by atoms with Gasteiger partial charge in [0.1, 0.15) is 0 Å². The van der Waals surface area contributed by atoms with Crippen molar-refractivity contribution in [2.75, 3.05) is 32.7 Å². The van der Waals surface area contributed by atoms with Crippen molar-refractivity contribution < 1.29 is 9.59 Å². The summed E-state index contributed by atoms with van der Waals surface area (Å²) >= 11 is 0. The molecule has 3 heterocycles. The molecule has 1 aromatic heterocycles. The summed E-state index contributed by atoms with van der Waals surface area (Å²) in [4.78, 5) is 34.1. The van der Waals surface area contributed by atoms with Crippen LogP contribution in [0, 0.1) is 17.3 Å². The standard InChI is InChI=1S/C24H33N5O2/c1-19(2)12-26-23(31)21-14-28(13-20-6-4-3-5-7-20)15-24(21)16-29(17-24)22(30)8-10-27-11-9-25-18-27/h3-7,9,11,18-19,21H,8,10,12-17H2,1-2H3,(H,26,31). The van der Waals surface area contributed by atoms with Crippen LogP contribution in [-0.4, -0.2) is 63.9 Å². The van der Waals surface area contributed by atoms with Crippen molar-refractivity contribution in [2.24, 2.45) is 17.3 Å². The average Bonchev–Trinajstić information content (AvgIpc) is 3.38. The van der Waals surface area contributed by atoms with Crippen LogP contribution in [0.2, 0.25) is 0 Å². The van der Waals surface area contributed by atoms with E-state index in [1.54, 1.807) is 12.5 Å². The van der Waals surface area contributed by atoms with Gasteiger partial charge in [0.25, 0.3) is 0 Å². The third-order valence-corrected chi connectivity index (χ3v) is 6.48. The van der Waals surface area contributed by atoms with Gasteiger partial charge in [-0.1, -0.05) is 44.2 Å². The Morgan fingerprint density at radius 3 is 2.65 bits per heavy atom. The first-order chi connectivity index (χ1) is 14.9. The van der Waals surface area contributed by atoms with Crippen LogP contribution in [0.25, 0.3) is 0 Å². The summed E-state index contributed by atoms with van der Waals surface area (Å²) in [6.07, 6.45) is 5.80.